The van der Waals surface area contributed by atoms with Gasteiger partial charge in [-0.2, -0.15) is 0 Å². The second kappa shape index (κ2) is 32.9. The molecule has 7 atom stereocenters. The van der Waals surface area contributed by atoms with Gasteiger partial charge in [0.1, 0.15) is 41.7 Å². The number of carbonyl (C=O) groups is 7. The van der Waals surface area contributed by atoms with Crippen LogP contribution in [0.3, 0.4) is 0 Å². The molecule has 2 heterocycles. The Morgan fingerprint density at radius 3 is 1.88 bits per heavy atom. The molecule has 4 aromatic carbocycles. The number of nitrogens with zero attached hydrogens (tertiary/aromatic N) is 2. The predicted molar refractivity (Wildman–Crippen MR) is 314 cm³/mol. The molecule has 7 N–H and O–H groups in total. The summed E-state index contributed by atoms with van der Waals surface area (Å²) in [5.41, 5.74) is 5.17. The number of rotatable bonds is 32. The largest absolute Gasteiger partial charge is 0.508 e. The number of phenolic OH excluding ortho intramolecular Hbond substituents is 1. The number of ether oxygens (including phenoxy) is 3. The fraction of sp³-hybridized carbons (Fsp3) is 0.508. The molecule has 82 heavy (non-hydrogen) atoms. The first-order valence-corrected chi connectivity index (χ1v) is 29.3. The van der Waals surface area contributed by atoms with E-state index in [1.165, 1.54) is 21.9 Å². The van der Waals surface area contributed by atoms with E-state index in [1.807, 2.05) is 62.4 Å². The number of aromatic hydroxyl groups is 1. The summed E-state index contributed by atoms with van der Waals surface area (Å²) in [6.45, 7) is 12.3. The van der Waals surface area contributed by atoms with Crippen molar-refractivity contribution in [1.82, 2.24) is 41.7 Å². The van der Waals surface area contributed by atoms with Crippen molar-refractivity contribution in [3.8, 4) is 33.8 Å². The van der Waals surface area contributed by atoms with Crippen molar-refractivity contribution in [2.24, 2.45) is 5.92 Å². The molecule has 2 aliphatic heterocycles. The van der Waals surface area contributed by atoms with Crippen LogP contribution in [0.25, 0.3) is 22.3 Å². The van der Waals surface area contributed by atoms with Crippen LogP contribution >= 0.6 is 0 Å². The summed E-state index contributed by atoms with van der Waals surface area (Å²) in [5.74, 6) is -2.47. The van der Waals surface area contributed by atoms with Gasteiger partial charge in [0.2, 0.25) is 35.4 Å². The molecule has 7 amide bonds. The number of hydrogen-bond donors (Lipinski definition) is 7. The van der Waals surface area contributed by atoms with Gasteiger partial charge in [0.15, 0.2) is 0 Å². The molecule has 2 aliphatic rings. The molecule has 6 unspecified atom stereocenters. The Hall–Kier alpha value is -7.35. The van der Waals surface area contributed by atoms with Crippen LogP contribution < -0.4 is 36.6 Å². The van der Waals surface area contributed by atoms with Crippen molar-refractivity contribution in [2.75, 3.05) is 59.7 Å². The van der Waals surface area contributed by atoms with E-state index >= 15 is 0 Å². The molecule has 19 nitrogen and oxygen atoms in total. The van der Waals surface area contributed by atoms with Crippen LogP contribution in [-0.2, 0) is 44.7 Å². The second-order valence-electron chi connectivity index (χ2n) is 21.2. The molecule has 0 saturated carbocycles. The first-order valence-electron chi connectivity index (χ1n) is 29.3. The van der Waals surface area contributed by atoms with E-state index in [9.17, 15) is 38.7 Å². The normalized spacial score (nSPS) is 17.3. The van der Waals surface area contributed by atoms with Crippen molar-refractivity contribution < 1.29 is 52.9 Å². The SMILES string of the molecule is CCCCCOc1ccc(-c2ccc(-c3ccc(C(=O)NCC(=O)NC(CC)C(=O)N4CCCC4C(=O)NC(CCc4ccc(O)cc4)C(=O)NC(CC)C(=O)N4C[C@H](C)CC4C(=O)NC(CC)NCCOCCOC)cc3)cc2)cc1. The lowest BCUT2D eigenvalue weighted by Gasteiger charge is -2.31. The van der Waals surface area contributed by atoms with E-state index in [1.54, 1.807) is 45.2 Å². The van der Waals surface area contributed by atoms with E-state index in [-0.39, 0.29) is 49.5 Å². The fourth-order valence-corrected chi connectivity index (χ4v) is 10.3. The molecular formula is C63H86N8O11. The lowest BCUT2D eigenvalue weighted by atomic mass is 9.99. The Balaban J connectivity index is 1.02. The standard InChI is InChI=1S/C63H86N8O11/c1-7-11-12-35-82-50-30-26-47(27-31-50)45-20-18-44(19-21-45)46-22-24-48(25-23-46)58(74)65-40-57(73)66-51(8-2)62(78)70-34-13-14-54(70)60(76)68-53(32-17-43-15-28-49(72)29-16-43)59(75)67-52(9-3)63(79)71-41-42(5)39-55(71)61(77)69-56(10-4)64-33-36-81-38-37-80-6/h15-16,18-31,42,51-56,64,72H,7-14,17,32-41H2,1-6H3,(H,65,74)(H,66,73)(H,67,75)(H,68,76)(H,69,77)/t42-,51?,52?,53?,54?,55?,56?/m1/s1. The molecule has 2 saturated heterocycles. The zero-order chi connectivity index (χ0) is 59.0. The maximum Gasteiger partial charge on any atom is 0.251 e. The van der Waals surface area contributed by atoms with Crippen LogP contribution in [0, 0.1) is 5.92 Å². The van der Waals surface area contributed by atoms with E-state index in [0.717, 1.165) is 52.8 Å². The fourth-order valence-electron chi connectivity index (χ4n) is 10.3. The first kappa shape index (κ1) is 63.8. The van der Waals surface area contributed by atoms with E-state index in [2.05, 4.69) is 51.0 Å². The summed E-state index contributed by atoms with van der Waals surface area (Å²) < 4.78 is 16.4. The van der Waals surface area contributed by atoms with Crippen molar-refractivity contribution in [3.63, 3.8) is 0 Å². The Morgan fingerprint density at radius 2 is 1.26 bits per heavy atom. The van der Waals surface area contributed by atoms with Gasteiger partial charge in [-0.05, 0) is 128 Å². The molecule has 0 aliphatic carbocycles. The predicted octanol–water partition coefficient (Wildman–Crippen LogP) is 6.27. The van der Waals surface area contributed by atoms with Crippen LogP contribution in [0.4, 0.5) is 0 Å². The minimum absolute atomic E-state index is 0.0215. The third-order valence-electron chi connectivity index (χ3n) is 15.1. The molecule has 2 fully saturated rings. The number of likely N-dealkylation sites (tertiary alicyclic amines) is 2. The van der Waals surface area contributed by atoms with Gasteiger partial charge < -0.3 is 55.7 Å². The lowest BCUT2D eigenvalue weighted by molar-refractivity contribution is -0.143. The summed E-state index contributed by atoms with van der Waals surface area (Å²) in [7, 11) is 1.60. The molecule has 0 bridgehead atoms. The molecule has 444 valence electrons. The maximum absolute atomic E-state index is 14.4. The van der Waals surface area contributed by atoms with E-state index < -0.39 is 72.2 Å². The zero-order valence-electron chi connectivity index (χ0n) is 48.6. The van der Waals surface area contributed by atoms with Crippen molar-refractivity contribution >= 4 is 41.4 Å². The number of nitrogens with one attached hydrogen (secondary N) is 6. The van der Waals surface area contributed by atoms with E-state index in [0.29, 0.717) is 77.2 Å². The number of aryl methyl sites for hydroxylation is 1. The highest BCUT2D eigenvalue weighted by molar-refractivity contribution is 5.99. The minimum Gasteiger partial charge on any atom is -0.508 e. The number of hydrogen-bond acceptors (Lipinski definition) is 12. The third kappa shape index (κ3) is 18.9. The Kier molecular flexibility index (Phi) is 25.6. The van der Waals surface area contributed by atoms with Crippen molar-refractivity contribution in [3.05, 3.63) is 108 Å². The number of benzene rings is 4. The van der Waals surface area contributed by atoms with Gasteiger partial charge in [-0.25, -0.2) is 0 Å². The molecule has 4 aromatic rings. The van der Waals surface area contributed by atoms with Crippen LogP contribution in [0.2, 0.25) is 0 Å². The molecule has 0 spiro atoms. The first-order chi connectivity index (χ1) is 39.7. The molecule has 0 aromatic heterocycles. The molecule has 6 rings (SSSR count). The zero-order valence-corrected chi connectivity index (χ0v) is 48.6. The summed E-state index contributed by atoms with van der Waals surface area (Å²) in [4.78, 5) is 100. The number of methoxy groups -OCH3 is 1. The summed E-state index contributed by atoms with van der Waals surface area (Å²) >= 11 is 0. The Morgan fingerprint density at radius 1 is 0.646 bits per heavy atom. The minimum atomic E-state index is -1.14. The summed E-state index contributed by atoms with van der Waals surface area (Å²) in [6, 6.07) is 24.9. The van der Waals surface area contributed by atoms with Crippen molar-refractivity contribution in [1.29, 1.82) is 0 Å². The highest BCUT2D eigenvalue weighted by Gasteiger charge is 2.42. The van der Waals surface area contributed by atoms with Crippen LogP contribution in [0.5, 0.6) is 11.5 Å². The molecule has 19 heteroatoms. The summed E-state index contributed by atoms with van der Waals surface area (Å²) in [5, 5.41) is 27.4. The Labute approximate surface area is 483 Å². The van der Waals surface area contributed by atoms with Gasteiger partial charge in [0, 0.05) is 32.3 Å². The highest BCUT2D eigenvalue weighted by Crippen LogP contribution is 2.28. The van der Waals surface area contributed by atoms with Crippen LogP contribution in [-0.4, -0.2) is 152 Å². The number of unbranched alkanes of at least 4 members (excludes halogenated alkanes) is 2. The number of phenols is 1. The van der Waals surface area contributed by atoms with E-state index in [4.69, 9.17) is 14.2 Å². The number of carbonyl (C=O) groups excluding carboxylic acids is 7. The monoisotopic (exact) mass is 1130 g/mol. The van der Waals surface area contributed by atoms with Gasteiger partial charge in [-0.15, -0.1) is 0 Å². The lowest BCUT2D eigenvalue weighted by Crippen LogP contribution is -2.59. The van der Waals surface area contributed by atoms with Crippen LogP contribution in [0.1, 0.15) is 115 Å². The molecule has 0 radical (unpaired) electrons. The molecular weight excluding hydrogens is 1040 g/mol. The van der Waals surface area contributed by atoms with Gasteiger partial charge in [-0.3, -0.25) is 38.9 Å². The topological polar surface area (TPSA) is 246 Å². The van der Waals surface area contributed by atoms with Gasteiger partial charge in [0.05, 0.1) is 39.1 Å². The number of amides is 7. The quantitative estimate of drug-likeness (QED) is 0.0212. The summed E-state index contributed by atoms with van der Waals surface area (Å²) in [6.07, 6.45) is 5.67. The maximum atomic E-state index is 14.4. The Bertz CT molecular complexity index is 2690. The second-order valence-corrected chi connectivity index (χ2v) is 21.2. The highest BCUT2D eigenvalue weighted by atomic mass is 16.5. The third-order valence-corrected chi connectivity index (χ3v) is 15.1. The van der Waals surface area contributed by atoms with Crippen molar-refractivity contribution in [2.45, 2.75) is 142 Å². The van der Waals surface area contributed by atoms with Crippen LogP contribution in [0.15, 0.2) is 97.1 Å². The average molecular weight is 1130 g/mol. The van der Waals surface area contributed by atoms with Gasteiger partial charge in [-0.1, -0.05) is 108 Å². The smallest absolute Gasteiger partial charge is 0.251 e. The van der Waals surface area contributed by atoms with Gasteiger partial charge in [0.25, 0.3) is 5.91 Å². The van der Waals surface area contributed by atoms with Gasteiger partial charge >= 0.3 is 0 Å². The average Bonchev–Trinajstić information content (AvgIpc) is 4.37.